The van der Waals surface area contributed by atoms with E-state index in [1.54, 1.807) is 0 Å². The molecule has 1 atom stereocenters. The molecule has 0 saturated carbocycles. The van der Waals surface area contributed by atoms with Gasteiger partial charge in [0.05, 0.1) is 5.69 Å². The Morgan fingerprint density at radius 2 is 2.14 bits per heavy atom. The lowest BCUT2D eigenvalue weighted by molar-refractivity contribution is 0.419. The Labute approximate surface area is 130 Å². The summed E-state index contributed by atoms with van der Waals surface area (Å²) in [5.41, 5.74) is 4.39. The molecule has 0 aromatic carbocycles. The van der Waals surface area contributed by atoms with Crippen LogP contribution in [0.5, 0.6) is 0 Å². The largest absolute Gasteiger partial charge is 0.310 e. The first-order valence-corrected chi connectivity index (χ1v) is 8.93. The van der Waals surface area contributed by atoms with Crippen LogP contribution in [0.25, 0.3) is 5.65 Å². The maximum atomic E-state index is 4.54. The van der Waals surface area contributed by atoms with Crippen LogP contribution in [0.3, 0.4) is 0 Å². The molecule has 0 aliphatic carbocycles. The molecule has 1 aliphatic heterocycles. The predicted molar refractivity (Wildman–Crippen MR) is 88.9 cm³/mol. The van der Waals surface area contributed by atoms with Crippen molar-refractivity contribution in [1.29, 1.82) is 0 Å². The summed E-state index contributed by atoms with van der Waals surface area (Å²) in [5, 5.41) is 8.22. The molecule has 3 rings (SSSR count). The number of hydrogen-bond donors (Lipinski definition) is 1. The highest BCUT2D eigenvalue weighted by Gasteiger charge is 2.17. The SMILES string of the molecule is Cc1cc2ncc(C(C)NCC3CCSCC3)c(C)n2n1. The second-order valence-electron chi connectivity index (χ2n) is 6.04. The first kappa shape index (κ1) is 14.9. The molecule has 3 heterocycles. The molecule has 0 spiro atoms. The molecular weight excluding hydrogens is 280 g/mol. The van der Waals surface area contributed by atoms with E-state index in [4.69, 9.17) is 0 Å². The summed E-state index contributed by atoms with van der Waals surface area (Å²) in [4.78, 5) is 4.54. The summed E-state index contributed by atoms with van der Waals surface area (Å²) in [7, 11) is 0. The van der Waals surface area contributed by atoms with Crippen LogP contribution < -0.4 is 5.32 Å². The quantitative estimate of drug-likeness (QED) is 0.942. The maximum Gasteiger partial charge on any atom is 0.155 e. The summed E-state index contributed by atoms with van der Waals surface area (Å²) in [6.07, 6.45) is 4.69. The molecule has 5 heteroatoms. The Morgan fingerprint density at radius 3 is 2.90 bits per heavy atom. The van der Waals surface area contributed by atoms with Crippen molar-refractivity contribution in [3.63, 3.8) is 0 Å². The average molecular weight is 304 g/mol. The second kappa shape index (κ2) is 6.36. The van der Waals surface area contributed by atoms with Crippen LogP contribution in [-0.4, -0.2) is 32.6 Å². The summed E-state index contributed by atoms with van der Waals surface area (Å²) in [5.74, 6) is 3.47. The lowest BCUT2D eigenvalue weighted by atomic mass is 10.0. The molecule has 1 fully saturated rings. The van der Waals surface area contributed by atoms with Gasteiger partial charge >= 0.3 is 0 Å². The van der Waals surface area contributed by atoms with E-state index < -0.39 is 0 Å². The standard InChI is InChI=1S/C16H24N4S/c1-11-8-16-18-10-15(13(3)20(16)19-11)12(2)17-9-14-4-6-21-7-5-14/h8,10,12,14,17H,4-7,9H2,1-3H3. The number of fused-ring (bicyclic) bond motifs is 1. The van der Waals surface area contributed by atoms with Crippen LogP contribution >= 0.6 is 11.8 Å². The van der Waals surface area contributed by atoms with Crippen LogP contribution in [0.4, 0.5) is 0 Å². The third-order valence-electron chi connectivity index (χ3n) is 4.40. The van der Waals surface area contributed by atoms with Crippen molar-refractivity contribution in [3.8, 4) is 0 Å². The van der Waals surface area contributed by atoms with E-state index in [0.29, 0.717) is 6.04 Å². The van der Waals surface area contributed by atoms with Gasteiger partial charge in [-0.3, -0.25) is 0 Å². The Hall–Kier alpha value is -1.07. The minimum absolute atomic E-state index is 0.320. The van der Waals surface area contributed by atoms with Gasteiger partial charge < -0.3 is 5.32 Å². The molecule has 1 unspecified atom stereocenters. The normalized spacial score (nSPS) is 18.2. The number of rotatable bonds is 4. The number of nitrogens with one attached hydrogen (secondary N) is 1. The molecule has 0 radical (unpaired) electrons. The molecule has 1 aliphatic rings. The van der Waals surface area contributed by atoms with E-state index in [-0.39, 0.29) is 0 Å². The van der Waals surface area contributed by atoms with E-state index >= 15 is 0 Å². The number of aryl methyl sites for hydroxylation is 2. The van der Waals surface area contributed by atoms with Crippen LogP contribution in [-0.2, 0) is 0 Å². The fraction of sp³-hybridized carbons (Fsp3) is 0.625. The van der Waals surface area contributed by atoms with Crippen molar-refractivity contribution in [2.45, 2.75) is 39.7 Å². The molecule has 2 aromatic rings. The molecule has 2 aromatic heterocycles. The topological polar surface area (TPSA) is 42.2 Å². The van der Waals surface area contributed by atoms with E-state index in [1.807, 2.05) is 23.7 Å². The van der Waals surface area contributed by atoms with Crippen LogP contribution in [0.1, 0.15) is 42.8 Å². The highest BCUT2D eigenvalue weighted by molar-refractivity contribution is 7.99. The maximum absolute atomic E-state index is 4.54. The zero-order valence-electron chi connectivity index (χ0n) is 13.1. The number of hydrogen-bond acceptors (Lipinski definition) is 4. The van der Waals surface area contributed by atoms with E-state index in [0.717, 1.165) is 23.8 Å². The Kier molecular flexibility index (Phi) is 4.50. The van der Waals surface area contributed by atoms with Crippen molar-refractivity contribution >= 4 is 17.4 Å². The monoisotopic (exact) mass is 304 g/mol. The third kappa shape index (κ3) is 3.24. The molecule has 0 bridgehead atoms. The first-order chi connectivity index (χ1) is 10.1. The van der Waals surface area contributed by atoms with Gasteiger partial charge in [0, 0.05) is 29.6 Å². The molecule has 114 valence electrons. The van der Waals surface area contributed by atoms with E-state index in [9.17, 15) is 0 Å². The number of aromatic nitrogens is 3. The second-order valence-corrected chi connectivity index (χ2v) is 7.27. The lowest BCUT2D eigenvalue weighted by Crippen LogP contribution is -2.28. The first-order valence-electron chi connectivity index (χ1n) is 7.78. The zero-order chi connectivity index (χ0) is 14.8. The Bertz CT molecular complexity index is 616. The van der Waals surface area contributed by atoms with Gasteiger partial charge in [-0.1, -0.05) is 0 Å². The molecule has 0 amide bonds. The molecule has 1 N–H and O–H groups in total. The Balaban J connectivity index is 1.71. The highest BCUT2D eigenvalue weighted by Crippen LogP contribution is 2.23. The predicted octanol–water partition coefficient (Wildman–Crippen LogP) is 3.14. The van der Waals surface area contributed by atoms with Crippen LogP contribution in [0, 0.1) is 19.8 Å². The van der Waals surface area contributed by atoms with Crippen molar-refractivity contribution in [2.24, 2.45) is 5.92 Å². The lowest BCUT2D eigenvalue weighted by Gasteiger charge is -2.24. The van der Waals surface area contributed by atoms with Crippen LogP contribution in [0.15, 0.2) is 12.3 Å². The van der Waals surface area contributed by atoms with Crippen LogP contribution in [0.2, 0.25) is 0 Å². The summed E-state index contributed by atoms with van der Waals surface area (Å²) < 4.78 is 1.96. The van der Waals surface area contributed by atoms with Gasteiger partial charge in [0.2, 0.25) is 0 Å². The molecule has 21 heavy (non-hydrogen) atoms. The summed E-state index contributed by atoms with van der Waals surface area (Å²) >= 11 is 2.09. The molecule has 4 nitrogen and oxygen atoms in total. The highest BCUT2D eigenvalue weighted by atomic mass is 32.2. The fourth-order valence-electron chi connectivity index (χ4n) is 3.01. The van der Waals surface area contributed by atoms with Gasteiger partial charge in [0.25, 0.3) is 0 Å². The minimum atomic E-state index is 0.320. The average Bonchev–Trinajstić information content (AvgIpc) is 2.88. The van der Waals surface area contributed by atoms with Crippen molar-refractivity contribution in [1.82, 2.24) is 19.9 Å². The summed E-state index contributed by atoms with van der Waals surface area (Å²) in [6.45, 7) is 7.48. The Morgan fingerprint density at radius 1 is 1.38 bits per heavy atom. The number of thioether (sulfide) groups is 1. The molecule has 1 saturated heterocycles. The zero-order valence-corrected chi connectivity index (χ0v) is 13.9. The van der Waals surface area contributed by atoms with Crippen molar-refractivity contribution < 1.29 is 0 Å². The van der Waals surface area contributed by atoms with Crippen molar-refractivity contribution in [3.05, 3.63) is 29.2 Å². The van der Waals surface area contributed by atoms with Gasteiger partial charge in [-0.05, 0) is 57.6 Å². The third-order valence-corrected chi connectivity index (χ3v) is 5.45. The molecular formula is C16H24N4S. The smallest absolute Gasteiger partial charge is 0.155 e. The van der Waals surface area contributed by atoms with Gasteiger partial charge in [0.1, 0.15) is 0 Å². The van der Waals surface area contributed by atoms with Gasteiger partial charge in [-0.15, -0.1) is 0 Å². The van der Waals surface area contributed by atoms with E-state index in [2.05, 4.69) is 41.0 Å². The van der Waals surface area contributed by atoms with Crippen molar-refractivity contribution in [2.75, 3.05) is 18.1 Å². The van der Waals surface area contributed by atoms with Gasteiger partial charge in [0.15, 0.2) is 5.65 Å². The fourth-order valence-corrected chi connectivity index (χ4v) is 4.21. The summed E-state index contributed by atoms with van der Waals surface area (Å²) in [6, 6.07) is 2.34. The number of nitrogens with zero attached hydrogens (tertiary/aromatic N) is 3. The minimum Gasteiger partial charge on any atom is -0.310 e. The van der Waals surface area contributed by atoms with E-state index in [1.165, 1.54) is 35.6 Å². The van der Waals surface area contributed by atoms with Gasteiger partial charge in [-0.25, -0.2) is 9.50 Å². The van der Waals surface area contributed by atoms with Gasteiger partial charge in [-0.2, -0.15) is 16.9 Å².